The fraction of sp³-hybridized carbons (Fsp3) is 0.480. The average Bonchev–Trinajstić information content (AvgIpc) is 3.57. The molecule has 2 aromatic carbocycles. The molecule has 0 unspecified atom stereocenters. The zero-order valence-electron chi connectivity index (χ0n) is 18.6. The van der Waals surface area contributed by atoms with Crippen LogP contribution in [0.3, 0.4) is 0 Å². The molecule has 1 aliphatic heterocycles. The number of benzene rings is 2. The standard InChI is InChI=1S/C25H32N2O3S/c1-17-15-18(2)24(19(3)16-17)31(29,30)27-13-11-22(12-14-27)25(28)26-23(21-9-10-21)20-7-5-4-6-8-20/h4-8,15-16,21-23H,9-14H2,1-3H3,(H,26,28)/t23-/m1/s1. The van der Waals surface area contributed by atoms with Gasteiger partial charge in [-0.3, -0.25) is 4.79 Å². The summed E-state index contributed by atoms with van der Waals surface area (Å²) in [5.41, 5.74) is 3.79. The second-order valence-electron chi connectivity index (χ2n) is 9.14. The number of carbonyl (C=O) groups excluding carboxylic acids is 1. The van der Waals surface area contributed by atoms with Gasteiger partial charge in [-0.1, -0.05) is 48.0 Å². The lowest BCUT2D eigenvalue weighted by Crippen LogP contribution is -2.44. The highest BCUT2D eigenvalue weighted by atomic mass is 32.2. The Morgan fingerprint density at radius 1 is 0.968 bits per heavy atom. The van der Waals surface area contributed by atoms with Crippen molar-refractivity contribution in [2.45, 2.75) is 57.4 Å². The minimum Gasteiger partial charge on any atom is -0.349 e. The second-order valence-corrected chi connectivity index (χ2v) is 11.0. The predicted octanol–water partition coefficient (Wildman–Crippen LogP) is 4.28. The summed E-state index contributed by atoms with van der Waals surface area (Å²) in [6.45, 7) is 6.45. The Hall–Kier alpha value is -2.18. The van der Waals surface area contributed by atoms with Crippen LogP contribution in [-0.2, 0) is 14.8 Å². The largest absolute Gasteiger partial charge is 0.349 e. The van der Waals surface area contributed by atoms with Crippen LogP contribution >= 0.6 is 0 Å². The number of sulfonamides is 1. The van der Waals surface area contributed by atoms with Gasteiger partial charge in [-0.2, -0.15) is 4.31 Å². The first kappa shape index (κ1) is 22.0. The van der Waals surface area contributed by atoms with Gasteiger partial charge >= 0.3 is 0 Å². The molecule has 0 radical (unpaired) electrons. The number of amides is 1. The summed E-state index contributed by atoms with van der Waals surface area (Å²) in [5.74, 6) is 0.427. The number of hydrogen-bond donors (Lipinski definition) is 1. The van der Waals surface area contributed by atoms with Crippen LogP contribution in [-0.4, -0.2) is 31.7 Å². The fourth-order valence-electron chi connectivity index (χ4n) is 4.90. The molecule has 6 heteroatoms. The summed E-state index contributed by atoms with van der Waals surface area (Å²) in [5, 5.41) is 3.27. The Bertz CT molecular complexity index is 1030. The molecule has 2 aliphatic rings. The minimum atomic E-state index is -3.56. The third kappa shape index (κ3) is 4.70. The first-order valence-corrected chi connectivity index (χ1v) is 12.6. The van der Waals surface area contributed by atoms with E-state index in [9.17, 15) is 13.2 Å². The lowest BCUT2D eigenvalue weighted by atomic mass is 9.95. The summed E-state index contributed by atoms with van der Waals surface area (Å²) in [4.78, 5) is 13.4. The topological polar surface area (TPSA) is 66.5 Å². The van der Waals surface area contributed by atoms with Gasteiger partial charge in [0.15, 0.2) is 0 Å². The smallest absolute Gasteiger partial charge is 0.243 e. The van der Waals surface area contributed by atoms with Crippen molar-refractivity contribution < 1.29 is 13.2 Å². The Balaban J connectivity index is 1.42. The van der Waals surface area contributed by atoms with Crippen LogP contribution in [0.15, 0.2) is 47.4 Å². The molecule has 31 heavy (non-hydrogen) atoms. The highest BCUT2D eigenvalue weighted by Crippen LogP contribution is 2.41. The summed E-state index contributed by atoms with van der Waals surface area (Å²) in [6, 6.07) is 14.1. The summed E-state index contributed by atoms with van der Waals surface area (Å²) in [6.07, 6.45) is 3.40. The number of rotatable bonds is 6. The Kier molecular flexibility index (Phi) is 6.22. The van der Waals surface area contributed by atoms with E-state index in [-0.39, 0.29) is 17.9 Å². The van der Waals surface area contributed by atoms with Gasteiger partial charge in [0.1, 0.15) is 0 Å². The number of nitrogens with one attached hydrogen (secondary N) is 1. The molecule has 4 rings (SSSR count). The maximum absolute atomic E-state index is 13.3. The lowest BCUT2D eigenvalue weighted by Gasteiger charge is -2.32. The minimum absolute atomic E-state index is 0.0560. The van der Waals surface area contributed by atoms with Crippen molar-refractivity contribution in [2.24, 2.45) is 11.8 Å². The van der Waals surface area contributed by atoms with E-state index in [1.165, 1.54) is 0 Å². The number of piperidine rings is 1. The SMILES string of the molecule is Cc1cc(C)c(S(=O)(=O)N2CCC(C(=O)N[C@H](c3ccccc3)C3CC3)CC2)c(C)c1. The molecule has 5 nitrogen and oxygen atoms in total. The molecule has 166 valence electrons. The van der Waals surface area contributed by atoms with Crippen LogP contribution in [0.4, 0.5) is 0 Å². The van der Waals surface area contributed by atoms with Crippen LogP contribution in [0.5, 0.6) is 0 Å². The molecule has 1 amide bonds. The molecule has 0 aromatic heterocycles. The Morgan fingerprint density at radius 3 is 2.10 bits per heavy atom. The third-order valence-electron chi connectivity index (χ3n) is 6.58. The molecule has 1 saturated heterocycles. The van der Waals surface area contributed by atoms with Crippen LogP contribution < -0.4 is 5.32 Å². The quantitative estimate of drug-likeness (QED) is 0.729. The molecule has 0 bridgehead atoms. The van der Waals surface area contributed by atoms with Crippen LogP contribution in [0, 0.1) is 32.6 Å². The normalized spacial score (nSPS) is 19.2. The van der Waals surface area contributed by atoms with E-state index in [0.717, 1.165) is 35.1 Å². The predicted molar refractivity (Wildman–Crippen MR) is 122 cm³/mol. The molecule has 1 heterocycles. The number of carbonyl (C=O) groups is 1. The van der Waals surface area contributed by atoms with E-state index in [1.54, 1.807) is 4.31 Å². The number of nitrogens with zero attached hydrogens (tertiary/aromatic N) is 1. The summed E-state index contributed by atoms with van der Waals surface area (Å²) in [7, 11) is -3.56. The second kappa shape index (κ2) is 8.75. The highest BCUT2D eigenvalue weighted by molar-refractivity contribution is 7.89. The molecule has 1 atom stereocenters. The van der Waals surface area contributed by atoms with E-state index in [1.807, 2.05) is 51.1 Å². The van der Waals surface area contributed by atoms with Crippen molar-refractivity contribution in [1.82, 2.24) is 9.62 Å². The lowest BCUT2D eigenvalue weighted by molar-refractivity contribution is -0.127. The highest BCUT2D eigenvalue weighted by Gasteiger charge is 2.37. The first-order valence-electron chi connectivity index (χ1n) is 11.2. The molecule has 2 fully saturated rings. The van der Waals surface area contributed by atoms with E-state index < -0.39 is 10.0 Å². The Labute approximate surface area is 185 Å². The van der Waals surface area contributed by atoms with Crippen molar-refractivity contribution in [3.63, 3.8) is 0 Å². The zero-order valence-corrected chi connectivity index (χ0v) is 19.4. The van der Waals surface area contributed by atoms with E-state index in [2.05, 4.69) is 17.4 Å². The molecule has 2 aromatic rings. The zero-order chi connectivity index (χ0) is 22.2. The molecule has 1 N–H and O–H groups in total. The fourth-order valence-corrected chi connectivity index (χ4v) is 6.78. The van der Waals surface area contributed by atoms with Crippen molar-refractivity contribution >= 4 is 15.9 Å². The average molecular weight is 441 g/mol. The van der Waals surface area contributed by atoms with Gasteiger partial charge in [0.2, 0.25) is 15.9 Å². The van der Waals surface area contributed by atoms with Gasteiger partial charge in [-0.15, -0.1) is 0 Å². The molecule has 1 saturated carbocycles. The summed E-state index contributed by atoms with van der Waals surface area (Å²) >= 11 is 0. The van der Waals surface area contributed by atoms with Gasteiger partial charge < -0.3 is 5.32 Å². The van der Waals surface area contributed by atoms with Crippen molar-refractivity contribution in [3.05, 3.63) is 64.7 Å². The van der Waals surface area contributed by atoms with Crippen LogP contribution in [0.25, 0.3) is 0 Å². The Morgan fingerprint density at radius 2 is 1.55 bits per heavy atom. The summed E-state index contributed by atoms with van der Waals surface area (Å²) < 4.78 is 28.2. The van der Waals surface area contributed by atoms with Gasteiger partial charge in [0.05, 0.1) is 10.9 Å². The molecular weight excluding hydrogens is 408 g/mol. The van der Waals surface area contributed by atoms with Crippen molar-refractivity contribution in [3.8, 4) is 0 Å². The van der Waals surface area contributed by atoms with Gasteiger partial charge in [0, 0.05) is 19.0 Å². The monoisotopic (exact) mass is 440 g/mol. The maximum Gasteiger partial charge on any atom is 0.243 e. The maximum atomic E-state index is 13.3. The van der Waals surface area contributed by atoms with Crippen LogP contribution in [0.2, 0.25) is 0 Å². The van der Waals surface area contributed by atoms with E-state index >= 15 is 0 Å². The van der Waals surface area contributed by atoms with Crippen molar-refractivity contribution in [1.29, 1.82) is 0 Å². The first-order chi connectivity index (χ1) is 14.8. The third-order valence-corrected chi connectivity index (χ3v) is 8.78. The van der Waals surface area contributed by atoms with Gasteiger partial charge in [-0.05, 0) is 69.1 Å². The van der Waals surface area contributed by atoms with Crippen LogP contribution in [0.1, 0.15) is 54.0 Å². The number of hydrogen-bond acceptors (Lipinski definition) is 3. The molecule has 1 aliphatic carbocycles. The van der Waals surface area contributed by atoms with Gasteiger partial charge in [0.25, 0.3) is 0 Å². The number of aryl methyl sites for hydroxylation is 3. The molecular formula is C25H32N2O3S. The van der Waals surface area contributed by atoms with E-state index in [0.29, 0.717) is 36.7 Å². The molecule has 0 spiro atoms. The van der Waals surface area contributed by atoms with E-state index in [4.69, 9.17) is 0 Å². The van der Waals surface area contributed by atoms with Crippen molar-refractivity contribution in [2.75, 3.05) is 13.1 Å². The van der Waals surface area contributed by atoms with Gasteiger partial charge in [-0.25, -0.2) is 8.42 Å².